The number of halogens is 1. The highest BCUT2D eigenvalue weighted by atomic mass is 35.5. The van der Waals surface area contributed by atoms with Crippen LogP contribution in [-0.4, -0.2) is 60.9 Å². The van der Waals surface area contributed by atoms with Crippen LogP contribution in [0.15, 0.2) is 58.2 Å². The van der Waals surface area contributed by atoms with Crippen molar-refractivity contribution in [3.8, 4) is 5.75 Å². The van der Waals surface area contributed by atoms with Crippen LogP contribution >= 0.6 is 11.6 Å². The van der Waals surface area contributed by atoms with Gasteiger partial charge in [0.05, 0.1) is 18.7 Å². The van der Waals surface area contributed by atoms with Gasteiger partial charge >= 0.3 is 0 Å². The van der Waals surface area contributed by atoms with Gasteiger partial charge in [0.15, 0.2) is 22.9 Å². The van der Waals surface area contributed by atoms with E-state index in [0.717, 1.165) is 24.1 Å². The van der Waals surface area contributed by atoms with Crippen LogP contribution in [0.4, 0.5) is 0 Å². The van der Waals surface area contributed by atoms with Gasteiger partial charge in [0, 0.05) is 23.0 Å². The van der Waals surface area contributed by atoms with E-state index in [4.69, 9.17) is 20.8 Å². The number of nitrogens with zero attached hydrogens (tertiary/aromatic N) is 2. The third-order valence-corrected chi connectivity index (χ3v) is 6.47. The summed E-state index contributed by atoms with van der Waals surface area (Å²) in [5.41, 5.74) is 2.27. The van der Waals surface area contributed by atoms with Crippen molar-refractivity contribution in [1.82, 2.24) is 9.80 Å². The molecule has 1 aliphatic rings. The predicted molar refractivity (Wildman–Crippen MR) is 135 cm³/mol. The summed E-state index contributed by atoms with van der Waals surface area (Å²) in [6.45, 7) is 3.21. The maximum absolute atomic E-state index is 13.7. The van der Waals surface area contributed by atoms with E-state index >= 15 is 0 Å². The summed E-state index contributed by atoms with van der Waals surface area (Å²) in [6, 6.07) is 11.9. The van der Waals surface area contributed by atoms with E-state index in [0.29, 0.717) is 34.7 Å². The number of aliphatic hydroxyl groups excluding tert-OH is 1. The van der Waals surface area contributed by atoms with Crippen molar-refractivity contribution >= 4 is 34.3 Å². The van der Waals surface area contributed by atoms with Crippen molar-refractivity contribution in [1.29, 1.82) is 0 Å². The predicted octanol–water partition coefficient (Wildman–Crippen LogP) is 5.19. The van der Waals surface area contributed by atoms with Crippen LogP contribution in [0.1, 0.15) is 41.1 Å². The number of aryl methyl sites for hydroxylation is 1. The molecule has 2 aromatic carbocycles. The molecule has 1 unspecified atom stereocenters. The first kappa shape index (κ1) is 24.8. The molecule has 0 spiro atoms. The van der Waals surface area contributed by atoms with Crippen LogP contribution in [-0.2, 0) is 11.2 Å². The van der Waals surface area contributed by atoms with Crippen LogP contribution < -0.4 is 4.74 Å². The first-order chi connectivity index (χ1) is 16.7. The maximum atomic E-state index is 13.7. The van der Waals surface area contributed by atoms with E-state index < -0.39 is 23.5 Å². The summed E-state index contributed by atoms with van der Waals surface area (Å²) >= 11 is 6.17. The molecule has 4 rings (SSSR count). The smallest absolute Gasteiger partial charge is 0.290 e. The Bertz CT molecular complexity index is 1290. The maximum Gasteiger partial charge on any atom is 0.290 e. The van der Waals surface area contributed by atoms with Gasteiger partial charge in [-0.2, -0.15) is 0 Å². The lowest BCUT2D eigenvalue weighted by atomic mass is 9.94. The molecule has 1 aromatic heterocycles. The van der Waals surface area contributed by atoms with Crippen LogP contribution in [0.25, 0.3) is 11.0 Å². The van der Waals surface area contributed by atoms with Gasteiger partial charge < -0.3 is 24.1 Å². The number of rotatable bonds is 9. The zero-order valence-corrected chi connectivity index (χ0v) is 21.1. The van der Waals surface area contributed by atoms with E-state index in [1.54, 1.807) is 23.1 Å². The number of benzene rings is 2. The molecule has 0 aliphatic carbocycles. The highest BCUT2D eigenvalue weighted by molar-refractivity contribution is 6.31. The summed E-state index contributed by atoms with van der Waals surface area (Å²) in [4.78, 5) is 30.4. The SMILES string of the molecule is CCc1ccc(C2C(C(=O)c3cc4cc(Cl)cc(OC)c4o3)=C(O)C(=O)N2CCCN(C)C)cc1. The Labute approximate surface area is 209 Å². The quantitative estimate of drug-likeness (QED) is 0.410. The summed E-state index contributed by atoms with van der Waals surface area (Å²) in [6.07, 6.45) is 1.56. The van der Waals surface area contributed by atoms with E-state index in [1.807, 2.05) is 43.3 Å². The van der Waals surface area contributed by atoms with Gasteiger partial charge in [0.1, 0.15) is 0 Å². The number of fused-ring (bicyclic) bond motifs is 1. The first-order valence-corrected chi connectivity index (χ1v) is 11.9. The molecule has 0 radical (unpaired) electrons. The zero-order valence-electron chi connectivity index (χ0n) is 20.3. The second kappa shape index (κ2) is 10.1. The lowest BCUT2D eigenvalue weighted by Crippen LogP contribution is -2.33. The number of carbonyl (C=O) groups excluding carboxylic acids is 2. The molecule has 35 heavy (non-hydrogen) atoms. The van der Waals surface area contributed by atoms with E-state index in [2.05, 4.69) is 6.92 Å². The molecule has 2 heterocycles. The average molecular weight is 497 g/mol. The second-order valence-electron chi connectivity index (χ2n) is 8.88. The summed E-state index contributed by atoms with van der Waals surface area (Å²) < 4.78 is 11.2. The number of carbonyl (C=O) groups is 2. The van der Waals surface area contributed by atoms with Crippen molar-refractivity contribution in [2.45, 2.75) is 25.8 Å². The molecule has 0 saturated carbocycles. The van der Waals surface area contributed by atoms with Crippen LogP contribution in [0.3, 0.4) is 0 Å². The van der Waals surface area contributed by atoms with Crippen LogP contribution in [0.5, 0.6) is 5.75 Å². The van der Waals surface area contributed by atoms with Gasteiger partial charge in [-0.05, 0) is 56.7 Å². The monoisotopic (exact) mass is 496 g/mol. The highest BCUT2D eigenvalue weighted by Gasteiger charge is 2.44. The Morgan fingerprint density at radius 3 is 2.54 bits per heavy atom. The van der Waals surface area contributed by atoms with Gasteiger partial charge in [-0.3, -0.25) is 9.59 Å². The molecule has 0 saturated heterocycles. The zero-order chi connectivity index (χ0) is 25.3. The van der Waals surface area contributed by atoms with Gasteiger partial charge in [-0.25, -0.2) is 0 Å². The third-order valence-electron chi connectivity index (χ3n) is 6.25. The van der Waals surface area contributed by atoms with E-state index in [-0.39, 0.29) is 11.3 Å². The minimum absolute atomic E-state index is 0.000219. The molecule has 8 heteroatoms. The molecule has 0 bridgehead atoms. The fraction of sp³-hybridized carbons (Fsp3) is 0.333. The van der Waals surface area contributed by atoms with Gasteiger partial charge in [-0.15, -0.1) is 0 Å². The van der Waals surface area contributed by atoms with Gasteiger partial charge in [0.2, 0.25) is 5.78 Å². The van der Waals surface area contributed by atoms with E-state index in [1.165, 1.54) is 7.11 Å². The fourth-order valence-corrected chi connectivity index (χ4v) is 4.65. The number of Topliss-reactive ketones (excluding diaryl/α,β-unsaturated/α-hetero) is 1. The van der Waals surface area contributed by atoms with E-state index in [9.17, 15) is 14.7 Å². The number of hydrogen-bond donors (Lipinski definition) is 1. The molecule has 7 nitrogen and oxygen atoms in total. The molecule has 1 amide bonds. The normalized spacial score (nSPS) is 16.1. The summed E-state index contributed by atoms with van der Waals surface area (Å²) in [7, 11) is 5.40. The second-order valence-corrected chi connectivity index (χ2v) is 9.32. The molecular weight excluding hydrogens is 468 g/mol. The molecule has 1 N–H and O–H groups in total. The minimum Gasteiger partial charge on any atom is -0.503 e. The van der Waals surface area contributed by atoms with Crippen molar-refractivity contribution in [2.75, 3.05) is 34.3 Å². The minimum atomic E-state index is -0.721. The van der Waals surface area contributed by atoms with Crippen molar-refractivity contribution in [2.24, 2.45) is 0 Å². The van der Waals surface area contributed by atoms with Gasteiger partial charge in [0.25, 0.3) is 5.91 Å². The number of ketones is 1. The largest absolute Gasteiger partial charge is 0.503 e. The van der Waals surface area contributed by atoms with Gasteiger partial charge in [-0.1, -0.05) is 42.8 Å². The lowest BCUT2D eigenvalue weighted by Gasteiger charge is -2.27. The molecular formula is C27H29ClN2O5. The molecule has 184 valence electrons. The molecule has 1 aliphatic heterocycles. The Balaban J connectivity index is 1.77. The number of furan rings is 1. The lowest BCUT2D eigenvalue weighted by molar-refractivity contribution is -0.129. The number of aliphatic hydroxyl groups is 1. The number of amides is 1. The topological polar surface area (TPSA) is 83.2 Å². The van der Waals surface area contributed by atoms with Crippen LogP contribution in [0.2, 0.25) is 5.02 Å². The fourth-order valence-electron chi connectivity index (χ4n) is 4.44. The first-order valence-electron chi connectivity index (χ1n) is 11.5. The summed E-state index contributed by atoms with van der Waals surface area (Å²) in [5, 5.41) is 11.9. The molecule has 3 aromatic rings. The van der Waals surface area contributed by atoms with Crippen molar-refractivity contribution in [3.05, 3.63) is 75.7 Å². The Morgan fingerprint density at radius 2 is 1.91 bits per heavy atom. The molecule has 0 fully saturated rings. The highest BCUT2D eigenvalue weighted by Crippen LogP contribution is 2.41. The Kier molecular flexibility index (Phi) is 7.19. The average Bonchev–Trinajstić information content (AvgIpc) is 3.37. The Morgan fingerprint density at radius 1 is 1.20 bits per heavy atom. The van der Waals surface area contributed by atoms with Crippen molar-refractivity contribution in [3.63, 3.8) is 0 Å². The number of hydrogen-bond acceptors (Lipinski definition) is 6. The van der Waals surface area contributed by atoms with Crippen LogP contribution in [0, 0.1) is 0 Å². The third kappa shape index (κ3) is 4.79. The summed E-state index contributed by atoms with van der Waals surface area (Å²) in [5.74, 6) is -1.27. The number of ether oxygens (including phenoxy) is 1. The Hall–Kier alpha value is -3.29. The molecule has 1 atom stereocenters. The number of methoxy groups -OCH3 is 1. The van der Waals surface area contributed by atoms with Crippen molar-refractivity contribution < 1.29 is 23.8 Å². The standard InChI is InChI=1S/C27H29ClN2O5/c1-5-16-7-9-17(10-8-16)23-22(25(32)27(33)30(23)12-6-11-29(2)3)24(31)20-14-18-13-19(28)15-21(34-4)26(18)35-20/h7-10,13-15,23,32H,5-6,11-12H2,1-4H3.